The van der Waals surface area contributed by atoms with Gasteiger partial charge in [0.2, 0.25) is 5.91 Å². The highest BCUT2D eigenvalue weighted by Gasteiger charge is 2.22. The van der Waals surface area contributed by atoms with Gasteiger partial charge in [-0.05, 0) is 29.8 Å². The molecule has 6 nitrogen and oxygen atoms in total. The summed E-state index contributed by atoms with van der Waals surface area (Å²) >= 11 is 0. The number of rotatable bonds is 7. The molecule has 2 aromatic carbocycles. The van der Waals surface area contributed by atoms with E-state index in [1.54, 1.807) is 14.2 Å². The molecule has 0 atom stereocenters. The van der Waals surface area contributed by atoms with Gasteiger partial charge in [-0.2, -0.15) is 0 Å². The Morgan fingerprint density at radius 1 is 0.963 bits per heavy atom. The number of hydrogen-bond acceptors (Lipinski definition) is 5. The van der Waals surface area contributed by atoms with E-state index in [4.69, 9.17) is 14.2 Å². The molecule has 0 aliphatic carbocycles. The predicted molar refractivity (Wildman–Crippen MR) is 104 cm³/mol. The third-order valence-corrected chi connectivity index (χ3v) is 4.69. The van der Waals surface area contributed by atoms with Crippen molar-refractivity contribution in [3.05, 3.63) is 54.1 Å². The van der Waals surface area contributed by atoms with E-state index >= 15 is 0 Å². The average molecular weight is 370 g/mol. The summed E-state index contributed by atoms with van der Waals surface area (Å²) in [4.78, 5) is 16.5. The molecule has 27 heavy (non-hydrogen) atoms. The van der Waals surface area contributed by atoms with Gasteiger partial charge in [0, 0.05) is 26.2 Å². The van der Waals surface area contributed by atoms with Crippen molar-refractivity contribution in [3.63, 3.8) is 0 Å². The van der Waals surface area contributed by atoms with Crippen molar-refractivity contribution in [1.82, 2.24) is 4.90 Å². The van der Waals surface area contributed by atoms with Crippen LogP contribution in [0.4, 0.5) is 5.69 Å². The zero-order chi connectivity index (χ0) is 19.1. The molecule has 1 saturated heterocycles. The van der Waals surface area contributed by atoms with Gasteiger partial charge < -0.3 is 24.0 Å². The fourth-order valence-electron chi connectivity index (χ4n) is 3.20. The Morgan fingerprint density at radius 3 is 2.48 bits per heavy atom. The molecule has 0 spiro atoms. The number of benzene rings is 2. The first kappa shape index (κ1) is 19.0. The van der Waals surface area contributed by atoms with Crippen LogP contribution in [0.25, 0.3) is 0 Å². The van der Waals surface area contributed by atoms with E-state index in [1.165, 1.54) is 0 Å². The van der Waals surface area contributed by atoms with Gasteiger partial charge in [0.25, 0.3) is 0 Å². The maximum atomic E-state index is 12.4. The largest absolute Gasteiger partial charge is 0.497 e. The molecule has 6 heteroatoms. The van der Waals surface area contributed by atoms with Crippen LogP contribution in [0.1, 0.15) is 5.56 Å². The zero-order valence-corrected chi connectivity index (χ0v) is 15.9. The normalized spacial score (nSPS) is 14.1. The summed E-state index contributed by atoms with van der Waals surface area (Å²) in [6.07, 6.45) is 0. The van der Waals surface area contributed by atoms with Gasteiger partial charge in [0.05, 0.1) is 26.5 Å². The highest BCUT2D eigenvalue weighted by molar-refractivity contribution is 5.77. The van der Waals surface area contributed by atoms with Crippen molar-refractivity contribution in [2.45, 2.75) is 6.61 Å². The first-order valence-electron chi connectivity index (χ1n) is 9.07. The van der Waals surface area contributed by atoms with Crippen LogP contribution in [0.3, 0.4) is 0 Å². The summed E-state index contributed by atoms with van der Waals surface area (Å²) in [6, 6.07) is 15.6. The lowest BCUT2D eigenvalue weighted by atomic mass is 10.2. The number of amides is 1. The summed E-state index contributed by atoms with van der Waals surface area (Å²) < 4.78 is 16.2. The van der Waals surface area contributed by atoms with Crippen molar-refractivity contribution in [2.75, 3.05) is 51.9 Å². The second-order valence-corrected chi connectivity index (χ2v) is 6.38. The summed E-state index contributed by atoms with van der Waals surface area (Å²) in [7, 11) is 3.31. The summed E-state index contributed by atoms with van der Waals surface area (Å²) in [5, 5.41) is 0. The first-order chi connectivity index (χ1) is 13.2. The lowest BCUT2D eigenvalue weighted by Crippen LogP contribution is -2.49. The van der Waals surface area contributed by atoms with Crippen LogP contribution in [0.5, 0.6) is 11.5 Å². The monoisotopic (exact) mass is 370 g/mol. The Labute approximate surface area is 160 Å². The van der Waals surface area contributed by atoms with Gasteiger partial charge in [-0.3, -0.25) is 4.79 Å². The Kier molecular flexibility index (Phi) is 6.54. The fourth-order valence-corrected chi connectivity index (χ4v) is 3.20. The van der Waals surface area contributed by atoms with Crippen LogP contribution in [-0.2, 0) is 16.1 Å². The molecule has 0 radical (unpaired) electrons. The quantitative estimate of drug-likeness (QED) is 0.750. The van der Waals surface area contributed by atoms with E-state index in [2.05, 4.69) is 4.90 Å². The van der Waals surface area contributed by atoms with Gasteiger partial charge in [0.15, 0.2) is 0 Å². The third kappa shape index (κ3) is 4.92. The summed E-state index contributed by atoms with van der Waals surface area (Å²) in [6.45, 7) is 3.40. The molecular weight excluding hydrogens is 344 g/mol. The fraction of sp³-hybridized carbons (Fsp3) is 0.381. The number of hydrogen-bond donors (Lipinski definition) is 0. The van der Waals surface area contributed by atoms with Gasteiger partial charge >= 0.3 is 0 Å². The van der Waals surface area contributed by atoms with E-state index in [0.29, 0.717) is 19.7 Å². The first-order valence-corrected chi connectivity index (χ1v) is 9.07. The van der Waals surface area contributed by atoms with Crippen LogP contribution >= 0.6 is 0 Å². The smallest absolute Gasteiger partial charge is 0.248 e. The second-order valence-electron chi connectivity index (χ2n) is 6.38. The molecule has 0 N–H and O–H groups in total. The lowest BCUT2D eigenvalue weighted by molar-refractivity contribution is -0.136. The Balaban J connectivity index is 1.45. The average Bonchev–Trinajstić information content (AvgIpc) is 2.74. The van der Waals surface area contributed by atoms with Gasteiger partial charge in [0.1, 0.15) is 18.1 Å². The van der Waals surface area contributed by atoms with Crippen molar-refractivity contribution < 1.29 is 19.0 Å². The molecule has 1 aliphatic heterocycles. The highest BCUT2D eigenvalue weighted by atomic mass is 16.5. The molecule has 144 valence electrons. The summed E-state index contributed by atoms with van der Waals surface area (Å²) in [5.41, 5.74) is 2.06. The maximum Gasteiger partial charge on any atom is 0.248 e. The van der Waals surface area contributed by atoms with Gasteiger partial charge in [-0.15, -0.1) is 0 Å². The van der Waals surface area contributed by atoms with E-state index < -0.39 is 0 Å². The minimum absolute atomic E-state index is 0.0255. The number of methoxy groups -OCH3 is 2. The molecule has 1 amide bonds. The van der Waals surface area contributed by atoms with E-state index in [-0.39, 0.29) is 12.5 Å². The zero-order valence-electron chi connectivity index (χ0n) is 15.9. The second kappa shape index (κ2) is 9.28. The maximum absolute atomic E-state index is 12.4. The molecule has 0 aromatic heterocycles. The number of carbonyl (C=O) groups excluding carboxylic acids is 1. The molecule has 3 rings (SSSR count). The van der Waals surface area contributed by atoms with Crippen molar-refractivity contribution in [3.8, 4) is 11.5 Å². The Hall–Kier alpha value is -2.73. The standard InChI is InChI=1S/C21H26N2O4/c1-25-18-7-5-6-17(14-18)15-27-16-21(24)23-12-10-22(11-13-23)19-8-3-4-9-20(19)26-2/h3-9,14H,10-13,15-16H2,1-2H3. The molecule has 1 aliphatic rings. The SMILES string of the molecule is COc1cccc(COCC(=O)N2CCN(c3ccccc3OC)CC2)c1. The molecule has 1 heterocycles. The van der Waals surface area contributed by atoms with E-state index in [1.807, 2.05) is 53.4 Å². The molecule has 0 bridgehead atoms. The highest BCUT2D eigenvalue weighted by Crippen LogP contribution is 2.28. The minimum Gasteiger partial charge on any atom is -0.497 e. The predicted octanol–water partition coefficient (Wildman–Crippen LogP) is 2.57. The third-order valence-electron chi connectivity index (χ3n) is 4.69. The van der Waals surface area contributed by atoms with E-state index in [9.17, 15) is 4.79 Å². The van der Waals surface area contributed by atoms with Gasteiger partial charge in [-0.25, -0.2) is 0 Å². The van der Waals surface area contributed by atoms with Crippen LogP contribution in [0, 0.1) is 0 Å². The molecular formula is C21H26N2O4. The number of ether oxygens (including phenoxy) is 3. The van der Waals surface area contributed by atoms with Crippen molar-refractivity contribution >= 4 is 11.6 Å². The number of carbonyl (C=O) groups is 1. The van der Waals surface area contributed by atoms with Crippen LogP contribution in [0.15, 0.2) is 48.5 Å². The summed E-state index contributed by atoms with van der Waals surface area (Å²) in [5.74, 6) is 1.67. The number of nitrogens with zero attached hydrogens (tertiary/aromatic N) is 2. The topological polar surface area (TPSA) is 51.2 Å². The van der Waals surface area contributed by atoms with E-state index in [0.717, 1.165) is 35.8 Å². The minimum atomic E-state index is 0.0255. The number of piperazine rings is 1. The molecule has 0 saturated carbocycles. The van der Waals surface area contributed by atoms with Crippen LogP contribution < -0.4 is 14.4 Å². The van der Waals surface area contributed by atoms with Crippen LogP contribution in [0.2, 0.25) is 0 Å². The van der Waals surface area contributed by atoms with Crippen molar-refractivity contribution in [2.24, 2.45) is 0 Å². The van der Waals surface area contributed by atoms with Gasteiger partial charge in [-0.1, -0.05) is 24.3 Å². The Bertz CT molecular complexity index is 757. The molecule has 2 aromatic rings. The van der Waals surface area contributed by atoms with Crippen LogP contribution in [-0.4, -0.2) is 57.8 Å². The Morgan fingerprint density at radius 2 is 1.74 bits per heavy atom. The molecule has 1 fully saturated rings. The number of para-hydroxylation sites is 2. The molecule has 0 unspecified atom stereocenters. The van der Waals surface area contributed by atoms with Crippen molar-refractivity contribution in [1.29, 1.82) is 0 Å². The number of anilines is 1. The lowest BCUT2D eigenvalue weighted by Gasteiger charge is -2.36.